The maximum Gasteiger partial charge on any atom is 0.243 e. The Morgan fingerprint density at radius 3 is 2.58 bits per heavy atom. The zero-order valence-corrected chi connectivity index (χ0v) is 17.2. The second kappa shape index (κ2) is 8.76. The second-order valence-corrected chi connectivity index (χ2v) is 7.54. The van der Waals surface area contributed by atoms with Crippen molar-refractivity contribution >= 4 is 53.1 Å². The van der Waals surface area contributed by atoms with Crippen molar-refractivity contribution in [1.82, 2.24) is 5.32 Å². The molecule has 0 aliphatic heterocycles. The van der Waals surface area contributed by atoms with Crippen molar-refractivity contribution in [2.45, 2.75) is 38.8 Å². The Labute approximate surface area is 169 Å². The summed E-state index contributed by atoms with van der Waals surface area (Å²) in [4.78, 5) is 24.5. The summed E-state index contributed by atoms with van der Waals surface area (Å²) in [5.74, 6) is -0.791. The maximum absolute atomic E-state index is 12.5. The van der Waals surface area contributed by atoms with Crippen LogP contribution in [0.5, 0.6) is 0 Å². The maximum atomic E-state index is 12.5. The van der Waals surface area contributed by atoms with Crippen molar-refractivity contribution in [1.29, 1.82) is 0 Å². The molecule has 1 aromatic carbocycles. The molecule has 9 heteroatoms. The quantitative estimate of drug-likeness (QED) is 0.654. The standard InChI is InChI=1S/C17H23Cl2N3O3.ClH/c1-4-25-13-8-17(20,16(13,2)3)15(24)21-9-14(23)22-12-7-10(18)5-6-11(12)19;/h5-7,13H,4,8-9,20H2,1-3H3,(H,21,24)(H,22,23);1H. The van der Waals surface area contributed by atoms with Crippen molar-refractivity contribution in [3.63, 3.8) is 0 Å². The van der Waals surface area contributed by atoms with E-state index in [9.17, 15) is 9.59 Å². The molecule has 2 unspecified atom stereocenters. The third-order valence-electron chi connectivity index (χ3n) is 4.85. The van der Waals surface area contributed by atoms with Gasteiger partial charge in [0, 0.05) is 23.5 Å². The number of anilines is 1. The van der Waals surface area contributed by atoms with Crippen LogP contribution in [0.15, 0.2) is 18.2 Å². The normalized spacial score (nSPS) is 23.4. The first kappa shape index (κ1) is 23.0. The number of nitrogens with one attached hydrogen (secondary N) is 2. The summed E-state index contributed by atoms with van der Waals surface area (Å²) in [5, 5.41) is 6.01. The molecular weight excluding hydrogens is 401 g/mol. The molecule has 1 aliphatic carbocycles. The summed E-state index contributed by atoms with van der Waals surface area (Å²) in [6.45, 7) is 6.03. The van der Waals surface area contributed by atoms with E-state index in [0.717, 1.165) is 0 Å². The Bertz CT molecular complexity index is 684. The predicted molar refractivity (Wildman–Crippen MR) is 106 cm³/mol. The summed E-state index contributed by atoms with van der Waals surface area (Å²) >= 11 is 11.9. The molecule has 1 fully saturated rings. The van der Waals surface area contributed by atoms with Gasteiger partial charge in [-0.3, -0.25) is 9.59 Å². The zero-order chi connectivity index (χ0) is 18.8. The lowest BCUT2D eigenvalue weighted by atomic mass is 9.54. The smallest absolute Gasteiger partial charge is 0.243 e. The van der Waals surface area contributed by atoms with Crippen molar-refractivity contribution in [3.8, 4) is 0 Å². The molecule has 0 aromatic heterocycles. The molecule has 1 saturated carbocycles. The van der Waals surface area contributed by atoms with Crippen LogP contribution in [0.25, 0.3) is 0 Å². The van der Waals surface area contributed by atoms with Gasteiger partial charge >= 0.3 is 0 Å². The van der Waals surface area contributed by atoms with Gasteiger partial charge in [0.15, 0.2) is 0 Å². The number of carbonyl (C=O) groups is 2. The van der Waals surface area contributed by atoms with E-state index in [2.05, 4.69) is 10.6 Å². The van der Waals surface area contributed by atoms with Gasteiger partial charge in [-0.15, -0.1) is 12.4 Å². The first-order valence-corrected chi connectivity index (χ1v) is 8.81. The highest BCUT2D eigenvalue weighted by atomic mass is 35.5. The number of halogens is 3. The van der Waals surface area contributed by atoms with Gasteiger partial charge in [0.25, 0.3) is 0 Å². The monoisotopic (exact) mass is 423 g/mol. The highest BCUT2D eigenvalue weighted by molar-refractivity contribution is 6.35. The molecule has 0 spiro atoms. The minimum Gasteiger partial charge on any atom is -0.378 e. The van der Waals surface area contributed by atoms with Crippen LogP contribution < -0.4 is 16.4 Å². The van der Waals surface area contributed by atoms with E-state index in [4.69, 9.17) is 33.7 Å². The average Bonchev–Trinajstić information content (AvgIpc) is 2.55. The lowest BCUT2D eigenvalue weighted by molar-refractivity contribution is -0.170. The number of hydrogen-bond donors (Lipinski definition) is 3. The third kappa shape index (κ3) is 4.43. The number of amides is 2. The Morgan fingerprint density at radius 1 is 1.35 bits per heavy atom. The number of nitrogens with two attached hydrogens (primary N) is 1. The number of rotatable bonds is 6. The summed E-state index contributed by atoms with van der Waals surface area (Å²) in [6.07, 6.45) is 0.342. The molecule has 0 radical (unpaired) electrons. The predicted octanol–water partition coefficient (Wildman–Crippen LogP) is 3.00. The van der Waals surface area contributed by atoms with Crippen molar-refractivity contribution in [2.24, 2.45) is 11.1 Å². The Morgan fingerprint density at radius 2 is 2.00 bits per heavy atom. The minimum atomic E-state index is -1.07. The van der Waals surface area contributed by atoms with E-state index >= 15 is 0 Å². The van der Waals surface area contributed by atoms with E-state index in [0.29, 0.717) is 28.8 Å². The van der Waals surface area contributed by atoms with Crippen LogP contribution in [0.1, 0.15) is 27.2 Å². The fourth-order valence-corrected chi connectivity index (χ4v) is 3.26. The van der Waals surface area contributed by atoms with Crippen LogP contribution in [-0.2, 0) is 14.3 Å². The number of hydrogen-bond acceptors (Lipinski definition) is 4. The molecular formula is C17H24Cl3N3O3. The van der Waals surface area contributed by atoms with Crippen molar-refractivity contribution < 1.29 is 14.3 Å². The average molecular weight is 425 g/mol. The summed E-state index contributed by atoms with van der Waals surface area (Å²) < 4.78 is 5.60. The Kier molecular flexibility index (Phi) is 7.74. The van der Waals surface area contributed by atoms with Crippen molar-refractivity contribution in [3.05, 3.63) is 28.2 Å². The summed E-state index contributed by atoms with van der Waals surface area (Å²) in [7, 11) is 0. The van der Waals surface area contributed by atoms with Crippen LogP contribution in [-0.4, -0.2) is 36.6 Å². The zero-order valence-electron chi connectivity index (χ0n) is 14.9. The highest BCUT2D eigenvalue weighted by Gasteiger charge is 2.62. The van der Waals surface area contributed by atoms with Crippen LogP contribution in [0.4, 0.5) is 5.69 Å². The minimum absolute atomic E-state index is 0. The summed E-state index contributed by atoms with van der Waals surface area (Å²) in [6, 6.07) is 4.74. The first-order valence-electron chi connectivity index (χ1n) is 8.05. The third-order valence-corrected chi connectivity index (χ3v) is 5.41. The van der Waals surface area contributed by atoms with Crippen LogP contribution in [0.2, 0.25) is 10.0 Å². The molecule has 2 amide bonds. The van der Waals surface area contributed by atoms with Crippen molar-refractivity contribution in [2.75, 3.05) is 18.5 Å². The Hall–Kier alpha value is -1.05. The molecule has 6 nitrogen and oxygen atoms in total. The molecule has 2 rings (SSSR count). The van der Waals surface area contributed by atoms with Gasteiger partial charge in [0.05, 0.1) is 23.4 Å². The fourth-order valence-electron chi connectivity index (χ4n) is 2.93. The second-order valence-electron chi connectivity index (χ2n) is 6.70. The largest absolute Gasteiger partial charge is 0.378 e. The topological polar surface area (TPSA) is 93.4 Å². The lowest BCUT2D eigenvalue weighted by Gasteiger charge is -2.57. The molecule has 0 heterocycles. The van der Waals surface area contributed by atoms with E-state index < -0.39 is 16.9 Å². The van der Waals surface area contributed by atoms with Crippen LogP contribution in [0.3, 0.4) is 0 Å². The molecule has 146 valence electrons. The van der Waals surface area contributed by atoms with Crippen LogP contribution >= 0.6 is 35.6 Å². The highest BCUT2D eigenvalue weighted by Crippen LogP contribution is 2.49. The molecule has 26 heavy (non-hydrogen) atoms. The SMILES string of the molecule is CCOC1CC(N)(C(=O)NCC(=O)Nc2cc(Cl)ccc2Cl)C1(C)C.Cl. The van der Waals surface area contributed by atoms with Gasteiger partial charge < -0.3 is 21.1 Å². The van der Waals surface area contributed by atoms with Gasteiger partial charge in [0.2, 0.25) is 11.8 Å². The fraction of sp³-hybridized carbons (Fsp3) is 0.529. The molecule has 4 N–H and O–H groups in total. The Balaban J connectivity index is 0.00000338. The number of benzene rings is 1. The van der Waals surface area contributed by atoms with Gasteiger partial charge in [-0.25, -0.2) is 0 Å². The molecule has 2 atom stereocenters. The molecule has 1 aliphatic rings. The molecule has 0 bridgehead atoms. The van der Waals surface area contributed by atoms with Crippen LogP contribution in [0, 0.1) is 5.41 Å². The lowest BCUT2D eigenvalue weighted by Crippen LogP contribution is -2.76. The van der Waals surface area contributed by atoms with Gasteiger partial charge in [-0.1, -0.05) is 37.0 Å². The molecule has 1 aromatic rings. The van der Waals surface area contributed by atoms with E-state index in [1.165, 1.54) is 6.07 Å². The van der Waals surface area contributed by atoms with Gasteiger partial charge in [-0.2, -0.15) is 0 Å². The van der Waals surface area contributed by atoms with Gasteiger partial charge in [0.1, 0.15) is 5.54 Å². The number of ether oxygens (including phenoxy) is 1. The van der Waals surface area contributed by atoms with Gasteiger partial charge in [-0.05, 0) is 25.1 Å². The summed E-state index contributed by atoms with van der Waals surface area (Å²) in [5.41, 5.74) is 5.07. The first-order chi connectivity index (χ1) is 11.6. The number of carbonyl (C=O) groups excluding carboxylic acids is 2. The molecule has 0 saturated heterocycles. The van der Waals surface area contributed by atoms with E-state index in [-0.39, 0.29) is 31.0 Å². The van der Waals surface area contributed by atoms with E-state index in [1.807, 2.05) is 20.8 Å². The van der Waals surface area contributed by atoms with E-state index in [1.54, 1.807) is 12.1 Å².